The molecule has 3 nitrogen and oxygen atoms in total. The first-order valence-corrected chi connectivity index (χ1v) is 4.57. The Bertz CT molecular complexity index is 445. The molecule has 0 saturated carbocycles. The summed E-state index contributed by atoms with van der Waals surface area (Å²) < 4.78 is 5.84. The molecule has 0 aliphatic rings. The lowest BCUT2D eigenvalue weighted by atomic mass is 10.2. The summed E-state index contributed by atoms with van der Waals surface area (Å²) in [6.07, 6.45) is 0. The Balaban J connectivity index is 2.84. The van der Waals surface area contributed by atoms with Crippen LogP contribution in [-0.4, -0.2) is 17.3 Å². The van der Waals surface area contributed by atoms with Crippen molar-refractivity contribution in [3.05, 3.63) is 28.9 Å². The maximum Gasteiger partial charge on any atom is 0.171 e. The number of methoxy groups -OCH3 is 1. The van der Waals surface area contributed by atoms with E-state index in [9.17, 15) is 0 Å². The molecule has 66 valence electrons. The summed E-state index contributed by atoms with van der Waals surface area (Å²) in [5.41, 5.74) is 0.836. The predicted octanol–water partition coefficient (Wildman–Crippen LogP) is 2.40. The quantitative estimate of drug-likeness (QED) is 0.766. The summed E-state index contributed by atoms with van der Waals surface area (Å²) in [6.45, 7) is 0. The number of nitrogens with zero attached hydrogens (tertiary/aromatic N) is 2. The summed E-state index contributed by atoms with van der Waals surface area (Å²) >= 11 is 3.28. The molecule has 0 aliphatic carbocycles. The van der Waals surface area contributed by atoms with Gasteiger partial charge in [0.15, 0.2) is 10.4 Å². The van der Waals surface area contributed by atoms with Crippen LogP contribution in [0.5, 0.6) is 5.75 Å². The van der Waals surface area contributed by atoms with E-state index in [1.165, 1.54) is 0 Å². The maximum atomic E-state index is 5.21. The second-order valence-electron chi connectivity index (χ2n) is 2.54. The minimum atomic E-state index is 0.633. The highest BCUT2D eigenvalue weighted by Crippen LogP contribution is 2.29. The van der Waals surface area contributed by atoms with Gasteiger partial charge < -0.3 is 4.74 Å². The van der Waals surface area contributed by atoms with Gasteiger partial charge in [-0.2, -0.15) is 0 Å². The number of halogens is 1. The highest BCUT2D eigenvalue weighted by atomic mass is 79.9. The van der Waals surface area contributed by atoms with Crippen molar-refractivity contribution in [3.8, 4) is 5.75 Å². The SMILES string of the molecule is COc1c(Br)nnc2ccccc12. The van der Waals surface area contributed by atoms with Gasteiger partial charge in [-0.3, -0.25) is 0 Å². The molecular formula is C9H7BrN2O. The average molecular weight is 239 g/mol. The fraction of sp³-hybridized carbons (Fsp3) is 0.111. The van der Waals surface area contributed by atoms with Gasteiger partial charge in [-0.15, -0.1) is 10.2 Å². The maximum absolute atomic E-state index is 5.21. The molecular weight excluding hydrogens is 232 g/mol. The molecule has 1 aromatic carbocycles. The number of fused-ring (bicyclic) bond motifs is 1. The lowest BCUT2D eigenvalue weighted by molar-refractivity contribution is 0.414. The molecule has 1 heterocycles. The Kier molecular flexibility index (Phi) is 2.14. The minimum absolute atomic E-state index is 0.633. The summed E-state index contributed by atoms with van der Waals surface area (Å²) in [5.74, 6) is 0.727. The Hall–Kier alpha value is -1.16. The molecule has 13 heavy (non-hydrogen) atoms. The van der Waals surface area contributed by atoms with Gasteiger partial charge in [0.05, 0.1) is 12.6 Å². The fourth-order valence-corrected chi connectivity index (χ4v) is 1.66. The van der Waals surface area contributed by atoms with Crippen molar-refractivity contribution < 1.29 is 4.74 Å². The lowest BCUT2D eigenvalue weighted by Crippen LogP contribution is -1.92. The molecule has 0 N–H and O–H groups in total. The Labute approximate surface area is 83.9 Å². The van der Waals surface area contributed by atoms with Crippen LogP contribution in [0.3, 0.4) is 0 Å². The van der Waals surface area contributed by atoms with E-state index in [2.05, 4.69) is 26.1 Å². The monoisotopic (exact) mass is 238 g/mol. The number of aromatic nitrogens is 2. The minimum Gasteiger partial charge on any atom is -0.493 e. The summed E-state index contributed by atoms with van der Waals surface area (Å²) in [7, 11) is 1.62. The number of benzene rings is 1. The van der Waals surface area contributed by atoms with E-state index in [4.69, 9.17) is 4.74 Å². The molecule has 0 unspecified atom stereocenters. The van der Waals surface area contributed by atoms with Crippen LogP contribution in [0.2, 0.25) is 0 Å². The number of ether oxygens (including phenoxy) is 1. The Morgan fingerprint density at radius 3 is 2.77 bits per heavy atom. The van der Waals surface area contributed by atoms with E-state index in [1.807, 2.05) is 24.3 Å². The number of hydrogen-bond donors (Lipinski definition) is 0. The molecule has 2 aromatic rings. The third-order valence-corrected chi connectivity index (χ3v) is 2.30. The second kappa shape index (κ2) is 3.30. The van der Waals surface area contributed by atoms with E-state index >= 15 is 0 Å². The number of rotatable bonds is 1. The Morgan fingerprint density at radius 2 is 2.00 bits per heavy atom. The van der Waals surface area contributed by atoms with Crippen LogP contribution in [0.1, 0.15) is 0 Å². The van der Waals surface area contributed by atoms with Crippen LogP contribution in [0.4, 0.5) is 0 Å². The zero-order valence-electron chi connectivity index (χ0n) is 6.99. The standard InChI is InChI=1S/C9H7BrN2O/c1-13-8-6-4-2-3-5-7(6)11-12-9(8)10/h2-5H,1H3. The van der Waals surface area contributed by atoms with Crippen LogP contribution < -0.4 is 4.74 Å². The first-order valence-electron chi connectivity index (χ1n) is 3.78. The first kappa shape index (κ1) is 8.44. The molecule has 1 aromatic heterocycles. The molecule has 0 atom stereocenters. The highest BCUT2D eigenvalue weighted by molar-refractivity contribution is 9.10. The fourth-order valence-electron chi connectivity index (χ4n) is 1.20. The zero-order valence-corrected chi connectivity index (χ0v) is 8.58. The third-order valence-electron chi connectivity index (χ3n) is 1.79. The highest BCUT2D eigenvalue weighted by Gasteiger charge is 2.07. The van der Waals surface area contributed by atoms with Crippen molar-refractivity contribution in [2.24, 2.45) is 0 Å². The van der Waals surface area contributed by atoms with Crippen LogP contribution >= 0.6 is 15.9 Å². The summed E-state index contributed by atoms with van der Waals surface area (Å²) in [4.78, 5) is 0. The van der Waals surface area contributed by atoms with Crippen molar-refractivity contribution in [3.63, 3.8) is 0 Å². The van der Waals surface area contributed by atoms with Crippen LogP contribution in [-0.2, 0) is 0 Å². The van der Waals surface area contributed by atoms with Gasteiger partial charge in [0.25, 0.3) is 0 Å². The zero-order chi connectivity index (χ0) is 9.26. The molecule has 4 heteroatoms. The van der Waals surface area contributed by atoms with E-state index in [0.29, 0.717) is 4.60 Å². The third kappa shape index (κ3) is 1.37. The molecule has 2 rings (SSSR count). The van der Waals surface area contributed by atoms with Gasteiger partial charge in [-0.1, -0.05) is 12.1 Å². The molecule has 0 spiro atoms. The van der Waals surface area contributed by atoms with E-state index in [0.717, 1.165) is 16.7 Å². The van der Waals surface area contributed by atoms with Gasteiger partial charge in [0, 0.05) is 5.39 Å². The van der Waals surface area contributed by atoms with Crippen molar-refractivity contribution in [2.75, 3.05) is 7.11 Å². The molecule has 0 bridgehead atoms. The normalized spacial score (nSPS) is 10.3. The van der Waals surface area contributed by atoms with E-state index in [-0.39, 0.29) is 0 Å². The first-order chi connectivity index (χ1) is 6.33. The van der Waals surface area contributed by atoms with Crippen molar-refractivity contribution in [1.82, 2.24) is 10.2 Å². The largest absolute Gasteiger partial charge is 0.493 e. The average Bonchev–Trinajstić information content (AvgIpc) is 2.18. The topological polar surface area (TPSA) is 35.0 Å². The predicted molar refractivity (Wildman–Crippen MR) is 53.8 cm³/mol. The van der Waals surface area contributed by atoms with Crippen molar-refractivity contribution in [1.29, 1.82) is 0 Å². The van der Waals surface area contributed by atoms with Crippen molar-refractivity contribution >= 4 is 26.8 Å². The van der Waals surface area contributed by atoms with Crippen LogP contribution in [0.25, 0.3) is 10.9 Å². The van der Waals surface area contributed by atoms with Crippen molar-refractivity contribution in [2.45, 2.75) is 0 Å². The molecule has 0 fully saturated rings. The molecule has 0 amide bonds. The Morgan fingerprint density at radius 1 is 1.23 bits per heavy atom. The second-order valence-corrected chi connectivity index (χ2v) is 3.29. The van der Waals surface area contributed by atoms with E-state index < -0.39 is 0 Å². The van der Waals surface area contributed by atoms with Gasteiger partial charge in [-0.05, 0) is 28.1 Å². The summed E-state index contributed by atoms with van der Waals surface area (Å²) in [6, 6.07) is 7.72. The van der Waals surface area contributed by atoms with Gasteiger partial charge in [-0.25, -0.2) is 0 Å². The molecule has 0 saturated heterocycles. The summed E-state index contributed by atoms with van der Waals surface area (Å²) in [5, 5.41) is 8.90. The smallest absolute Gasteiger partial charge is 0.171 e. The van der Waals surface area contributed by atoms with Crippen LogP contribution in [0, 0.1) is 0 Å². The molecule has 0 radical (unpaired) electrons. The molecule has 0 aliphatic heterocycles. The lowest BCUT2D eigenvalue weighted by Gasteiger charge is -2.04. The van der Waals surface area contributed by atoms with Crippen LogP contribution in [0.15, 0.2) is 28.9 Å². The van der Waals surface area contributed by atoms with Gasteiger partial charge >= 0.3 is 0 Å². The van der Waals surface area contributed by atoms with Gasteiger partial charge in [0.2, 0.25) is 0 Å². The van der Waals surface area contributed by atoms with E-state index in [1.54, 1.807) is 7.11 Å². The number of hydrogen-bond acceptors (Lipinski definition) is 3. The van der Waals surface area contributed by atoms with Gasteiger partial charge in [0.1, 0.15) is 0 Å².